The van der Waals surface area contributed by atoms with E-state index >= 15 is 0 Å². The van der Waals surface area contributed by atoms with Gasteiger partial charge in [0.15, 0.2) is 12.1 Å². The number of rotatable bonds is 46. The van der Waals surface area contributed by atoms with Crippen LogP contribution in [0.1, 0.15) is 206 Å². The second kappa shape index (κ2) is 47.0. The minimum absolute atomic E-state index is 0.0417. The maximum Gasteiger partial charge on any atom is 0.362 e. The molecule has 0 aromatic heterocycles. The molecule has 0 aromatic carbocycles. The van der Waals surface area contributed by atoms with Crippen LogP contribution in [0.25, 0.3) is 0 Å². The van der Waals surface area contributed by atoms with Crippen LogP contribution in [0.15, 0.2) is 85.1 Å². The molecule has 1 N–H and O–H groups in total. The number of carbonyl (C=O) groups is 3. The molecule has 0 bridgehead atoms. The summed E-state index contributed by atoms with van der Waals surface area (Å²) in [5.74, 6) is -1.53. The summed E-state index contributed by atoms with van der Waals surface area (Å²) in [4.78, 5) is 37.2. The predicted octanol–water partition coefficient (Wildman–Crippen LogP) is 15.3. The summed E-state index contributed by atoms with van der Waals surface area (Å²) in [5, 5.41) is 9.66. The van der Waals surface area contributed by atoms with Crippen LogP contribution >= 0.6 is 0 Å². The van der Waals surface area contributed by atoms with Crippen molar-refractivity contribution < 1.29 is 38.2 Å². The van der Waals surface area contributed by atoms with E-state index in [-0.39, 0.29) is 36.2 Å². The molecule has 0 rings (SSSR count). The molecule has 0 saturated heterocycles. The van der Waals surface area contributed by atoms with Gasteiger partial charge in [-0.2, -0.15) is 0 Å². The third-order valence-corrected chi connectivity index (χ3v) is 11.3. The molecule has 0 aliphatic heterocycles. The average molecular weight is 909 g/mol. The summed E-state index contributed by atoms with van der Waals surface area (Å²) >= 11 is 0. The standard InChI is InChI=1S/C57H97NO7/c1-6-8-10-12-14-16-18-20-22-24-26-28-30-31-33-35-37-39-41-43-45-47-55(59)64-52-53(51-63-50-49-54(57(61)62)58(3,4)5)65-56(60)48-46-44-42-40-38-36-34-32-29-27-25-23-21-19-17-15-13-11-9-7-2/h14,16-17,19-23,26,28,31,33,37,39,53-54H,6-13,15,18,24-25,27,29-30,32,34-36,38,40-52H2,1-5H3/p+1/b16-14+,19-17+,22-20+,23-21+,28-26+,33-31+,39-37+. The molecule has 0 spiro atoms. The highest BCUT2D eigenvalue weighted by Crippen LogP contribution is 2.14. The van der Waals surface area contributed by atoms with Gasteiger partial charge in [0.05, 0.1) is 34.4 Å². The van der Waals surface area contributed by atoms with Gasteiger partial charge in [0.25, 0.3) is 0 Å². The van der Waals surface area contributed by atoms with Crippen LogP contribution in [0.5, 0.6) is 0 Å². The fourth-order valence-electron chi connectivity index (χ4n) is 7.22. The van der Waals surface area contributed by atoms with E-state index < -0.39 is 18.1 Å². The Morgan fingerprint density at radius 1 is 0.477 bits per heavy atom. The van der Waals surface area contributed by atoms with E-state index in [1.165, 1.54) is 109 Å². The van der Waals surface area contributed by atoms with Crippen LogP contribution in [0.4, 0.5) is 0 Å². The van der Waals surface area contributed by atoms with Gasteiger partial charge in [-0.3, -0.25) is 9.59 Å². The van der Waals surface area contributed by atoms with Crippen molar-refractivity contribution in [3.8, 4) is 0 Å². The molecule has 0 radical (unpaired) electrons. The van der Waals surface area contributed by atoms with E-state index in [1.807, 2.05) is 21.1 Å². The Morgan fingerprint density at radius 3 is 1.35 bits per heavy atom. The number of carboxylic acids is 1. The molecule has 8 nitrogen and oxygen atoms in total. The molecule has 0 saturated carbocycles. The van der Waals surface area contributed by atoms with Crippen molar-refractivity contribution in [3.63, 3.8) is 0 Å². The molecule has 0 aliphatic rings. The lowest BCUT2D eigenvalue weighted by molar-refractivity contribution is -0.887. The van der Waals surface area contributed by atoms with E-state index in [4.69, 9.17) is 14.2 Å². The van der Waals surface area contributed by atoms with Crippen molar-refractivity contribution in [1.29, 1.82) is 0 Å². The van der Waals surface area contributed by atoms with Crippen LogP contribution in [-0.2, 0) is 28.6 Å². The second-order valence-corrected chi connectivity index (χ2v) is 18.4. The SMILES string of the molecule is CCCCC/C=C/C/C=C/C/C=C/C/C=C/C/C=C/CCCCC(=O)OCC(COCCC(C(=O)O)[N+](C)(C)C)OC(=O)CCCCCCCCCCCC/C=C/C=C/CCCCCC. The number of carboxylic acid groups (broad SMARTS) is 1. The topological polar surface area (TPSA) is 99.1 Å². The number of quaternary nitrogens is 1. The number of nitrogens with zero attached hydrogens (tertiary/aromatic N) is 1. The Bertz CT molecular complexity index is 1330. The Kier molecular flexibility index (Phi) is 44.5. The van der Waals surface area contributed by atoms with E-state index in [1.54, 1.807) is 0 Å². The largest absolute Gasteiger partial charge is 0.477 e. The maximum atomic E-state index is 12.8. The van der Waals surface area contributed by atoms with Gasteiger partial charge in [-0.1, -0.05) is 182 Å². The van der Waals surface area contributed by atoms with E-state index in [9.17, 15) is 19.5 Å². The van der Waals surface area contributed by atoms with Gasteiger partial charge in [0.1, 0.15) is 6.61 Å². The minimum atomic E-state index is -0.883. The van der Waals surface area contributed by atoms with Gasteiger partial charge in [-0.25, -0.2) is 4.79 Å². The van der Waals surface area contributed by atoms with E-state index in [2.05, 4.69) is 98.9 Å². The summed E-state index contributed by atoms with van der Waals surface area (Å²) in [6, 6.07) is -0.627. The van der Waals surface area contributed by atoms with Gasteiger partial charge in [0, 0.05) is 19.3 Å². The van der Waals surface area contributed by atoms with Crippen LogP contribution < -0.4 is 0 Å². The molecule has 0 fully saturated rings. The monoisotopic (exact) mass is 909 g/mol. The molecule has 372 valence electrons. The number of hydrogen-bond acceptors (Lipinski definition) is 6. The number of likely N-dealkylation sites (N-methyl/N-ethyl adjacent to an activating group) is 1. The lowest BCUT2D eigenvalue weighted by Crippen LogP contribution is -2.50. The van der Waals surface area contributed by atoms with Crippen molar-refractivity contribution in [1.82, 2.24) is 0 Å². The summed E-state index contributed by atoms with van der Waals surface area (Å²) in [6.07, 6.45) is 62.0. The van der Waals surface area contributed by atoms with Crippen LogP contribution in [-0.4, -0.2) is 80.6 Å². The first-order valence-corrected chi connectivity index (χ1v) is 26.1. The lowest BCUT2D eigenvalue weighted by atomic mass is 10.1. The van der Waals surface area contributed by atoms with Crippen molar-refractivity contribution in [2.24, 2.45) is 0 Å². The first kappa shape index (κ1) is 61.5. The highest BCUT2D eigenvalue weighted by Gasteiger charge is 2.31. The number of esters is 2. The van der Waals surface area contributed by atoms with E-state index in [0.29, 0.717) is 25.7 Å². The highest BCUT2D eigenvalue weighted by atomic mass is 16.6. The summed E-state index contributed by atoms with van der Waals surface area (Å²) < 4.78 is 17.3. The number of unbranched alkanes of at least 4 members (excludes halogenated alkanes) is 19. The fourth-order valence-corrected chi connectivity index (χ4v) is 7.22. The Balaban J connectivity index is 4.35. The molecule has 65 heavy (non-hydrogen) atoms. The van der Waals surface area contributed by atoms with E-state index in [0.717, 1.165) is 57.8 Å². The first-order chi connectivity index (χ1) is 31.6. The Hall–Kier alpha value is -3.49. The number of carbonyl (C=O) groups excluding carboxylic acids is 2. The predicted molar refractivity (Wildman–Crippen MR) is 275 cm³/mol. The third kappa shape index (κ3) is 45.5. The molecular weight excluding hydrogens is 811 g/mol. The van der Waals surface area contributed by atoms with Crippen LogP contribution in [0.3, 0.4) is 0 Å². The van der Waals surface area contributed by atoms with Gasteiger partial charge in [0.2, 0.25) is 0 Å². The van der Waals surface area contributed by atoms with Gasteiger partial charge in [-0.15, -0.1) is 0 Å². The summed E-state index contributed by atoms with van der Waals surface area (Å²) in [7, 11) is 5.52. The van der Waals surface area contributed by atoms with Crippen molar-refractivity contribution in [2.75, 3.05) is 41.0 Å². The molecule has 0 aromatic rings. The Labute approximate surface area is 399 Å². The van der Waals surface area contributed by atoms with Gasteiger partial charge in [-0.05, 0) is 89.9 Å². The molecule has 2 unspecified atom stereocenters. The molecule has 0 aliphatic carbocycles. The van der Waals surface area contributed by atoms with Crippen LogP contribution in [0, 0.1) is 0 Å². The third-order valence-electron chi connectivity index (χ3n) is 11.3. The van der Waals surface area contributed by atoms with Gasteiger partial charge >= 0.3 is 17.9 Å². The summed E-state index contributed by atoms with van der Waals surface area (Å²) in [6.45, 7) is 4.64. The lowest BCUT2D eigenvalue weighted by Gasteiger charge is -2.31. The molecular formula is C57H98NO7+. The van der Waals surface area contributed by atoms with Crippen LogP contribution in [0.2, 0.25) is 0 Å². The minimum Gasteiger partial charge on any atom is -0.477 e. The average Bonchev–Trinajstić information content (AvgIpc) is 3.27. The second-order valence-electron chi connectivity index (χ2n) is 18.4. The Morgan fingerprint density at radius 2 is 0.862 bits per heavy atom. The zero-order valence-electron chi connectivity index (χ0n) is 42.4. The summed E-state index contributed by atoms with van der Waals surface area (Å²) in [5.41, 5.74) is 0. The normalized spacial score (nSPS) is 13.6. The number of allylic oxidation sites excluding steroid dienone is 14. The number of hydrogen-bond donors (Lipinski definition) is 1. The van der Waals surface area contributed by atoms with Crippen molar-refractivity contribution >= 4 is 17.9 Å². The van der Waals surface area contributed by atoms with Crippen molar-refractivity contribution in [2.45, 2.75) is 219 Å². The molecule has 2 atom stereocenters. The quantitative estimate of drug-likeness (QED) is 0.0213. The number of ether oxygens (including phenoxy) is 3. The number of aliphatic carboxylic acids is 1. The molecule has 8 heteroatoms. The maximum absolute atomic E-state index is 12.8. The smallest absolute Gasteiger partial charge is 0.362 e. The van der Waals surface area contributed by atoms with Crippen molar-refractivity contribution in [3.05, 3.63) is 85.1 Å². The highest BCUT2D eigenvalue weighted by molar-refractivity contribution is 5.72. The van der Waals surface area contributed by atoms with Gasteiger partial charge < -0.3 is 23.8 Å². The zero-order valence-corrected chi connectivity index (χ0v) is 42.4. The molecule has 0 heterocycles. The zero-order chi connectivity index (χ0) is 47.7. The first-order valence-electron chi connectivity index (χ1n) is 26.1. The molecule has 0 amide bonds. The fraction of sp³-hybridized carbons (Fsp3) is 0.702.